The molecule has 0 aromatic carbocycles. The van der Waals surface area contributed by atoms with Gasteiger partial charge in [0.2, 0.25) is 0 Å². The van der Waals surface area contributed by atoms with Gasteiger partial charge in [-0.1, -0.05) is 19.8 Å². The van der Waals surface area contributed by atoms with Gasteiger partial charge in [-0.15, -0.1) is 0 Å². The van der Waals surface area contributed by atoms with Crippen LogP contribution in [0.4, 0.5) is 10.2 Å². The maximum absolute atomic E-state index is 13.3. The number of nitrogens with zero attached hydrogens (tertiary/aromatic N) is 2. The molecule has 106 valence electrons. The molecule has 0 aliphatic heterocycles. The minimum absolute atomic E-state index is 0.265. The molecular weight excluding hydrogens is 241 g/mol. The molecule has 0 saturated heterocycles. The summed E-state index contributed by atoms with van der Waals surface area (Å²) < 4.78 is 13.3. The van der Waals surface area contributed by atoms with Crippen LogP contribution in [-0.4, -0.2) is 25.1 Å². The lowest BCUT2D eigenvalue weighted by atomic mass is 9.85. The van der Waals surface area contributed by atoms with Gasteiger partial charge in [-0.25, -0.2) is 9.37 Å². The van der Waals surface area contributed by atoms with Crippen LogP contribution in [0.1, 0.15) is 38.2 Å². The number of rotatable bonds is 4. The van der Waals surface area contributed by atoms with E-state index in [1.165, 1.54) is 31.9 Å². The van der Waals surface area contributed by atoms with Gasteiger partial charge in [0.05, 0.1) is 6.20 Å². The van der Waals surface area contributed by atoms with Crippen molar-refractivity contribution < 1.29 is 4.39 Å². The van der Waals surface area contributed by atoms with E-state index >= 15 is 0 Å². The molecule has 0 radical (unpaired) electrons. The van der Waals surface area contributed by atoms with Crippen LogP contribution in [0.25, 0.3) is 0 Å². The van der Waals surface area contributed by atoms with Gasteiger partial charge in [0.1, 0.15) is 11.6 Å². The summed E-state index contributed by atoms with van der Waals surface area (Å²) in [4.78, 5) is 6.56. The van der Waals surface area contributed by atoms with Crippen molar-refractivity contribution in [1.29, 1.82) is 0 Å². The molecule has 1 fully saturated rings. The highest BCUT2D eigenvalue weighted by molar-refractivity contribution is 5.47. The van der Waals surface area contributed by atoms with Crippen molar-refractivity contribution in [3.8, 4) is 0 Å². The quantitative estimate of drug-likeness (QED) is 0.907. The Morgan fingerprint density at radius 3 is 2.84 bits per heavy atom. The summed E-state index contributed by atoms with van der Waals surface area (Å²) in [7, 11) is 3.96. The predicted octanol–water partition coefficient (Wildman–Crippen LogP) is 2.96. The summed E-state index contributed by atoms with van der Waals surface area (Å²) in [6.45, 7) is 2.95. The smallest absolute Gasteiger partial charge is 0.141 e. The first-order chi connectivity index (χ1) is 9.13. The molecule has 3 nitrogen and oxygen atoms in total. The van der Waals surface area contributed by atoms with Crippen molar-refractivity contribution in [3.05, 3.63) is 23.6 Å². The minimum atomic E-state index is -0.265. The highest BCUT2D eigenvalue weighted by atomic mass is 19.1. The fourth-order valence-electron chi connectivity index (χ4n) is 3.14. The van der Waals surface area contributed by atoms with Gasteiger partial charge >= 0.3 is 0 Å². The second-order valence-corrected chi connectivity index (χ2v) is 5.61. The molecule has 1 heterocycles. The lowest BCUT2D eigenvalue weighted by Gasteiger charge is -2.37. The summed E-state index contributed by atoms with van der Waals surface area (Å²) in [6.07, 6.45) is 6.40. The van der Waals surface area contributed by atoms with Crippen molar-refractivity contribution in [1.82, 2.24) is 10.3 Å². The Hall–Kier alpha value is -1.16. The van der Waals surface area contributed by atoms with E-state index in [2.05, 4.69) is 29.2 Å². The van der Waals surface area contributed by atoms with Crippen molar-refractivity contribution in [2.75, 3.05) is 19.0 Å². The monoisotopic (exact) mass is 265 g/mol. The average Bonchev–Trinajstić information content (AvgIpc) is 2.39. The van der Waals surface area contributed by atoms with Gasteiger partial charge in [0, 0.05) is 25.2 Å². The molecule has 0 spiro atoms. The van der Waals surface area contributed by atoms with Crippen molar-refractivity contribution in [2.45, 2.75) is 45.2 Å². The fraction of sp³-hybridized carbons (Fsp3) is 0.667. The number of hydrogen-bond acceptors (Lipinski definition) is 3. The normalized spacial score (nSPS) is 23.4. The SMILES string of the molecule is CNCc1cc(F)cnc1N(C)C1CCCCC1C. The maximum Gasteiger partial charge on any atom is 0.141 e. The van der Waals surface area contributed by atoms with Crippen LogP contribution in [0.2, 0.25) is 0 Å². The summed E-state index contributed by atoms with van der Waals surface area (Å²) in [6, 6.07) is 2.10. The first-order valence-corrected chi connectivity index (χ1v) is 7.15. The largest absolute Gasteiger partial charge is 0.356 e. The van der Waals surface area contributed by atoms with E-state index in [9.17, 15) is 4.39 Å². The molecule has 1 aromatic rings. The van der Waals surface area contributed by atoms with E-state index < -0.39 is 0 Å². The third-order valence-electron chi connectivity index (χ3n) is 4.17. The summed E-state index contributed by atoms with van der Waals surface area (Å²) >= 11 is 0. The zero-order chi connectivity index (χ0) is 13.8. The van der Waals surface area contributed by atoms with Gasteiger partial charge in [0.25, 0.3) is 0 Å². The lowest BCUT2D eigenvalue weighted by Crippen LogP contribution is -2.40. The molecule has 1 saturated carbocycles. The third kappa shape index (κ3) is 3.24. The number of nitrogens with one attached hydrogen (secondary N) is 1. The minimum Gasteiger partial charge on any atom is -0.356 e. The number of anilines is 1. The zero-order valence-electron chi connectivity index (χ0n) is 12.1. The van der Waals surface area contributed by atoms with E-state index in [0.717, 1.165) is 11.4 Å². The van der Waals surface area contributed by atoms with Crippen LogP contribution in [0.5, 0.6) is 0 Å². The topological polar surface area (TPSA) is 28.2 Å². The van der Waals surface area contributed by atoms with Crippen LogP contribution in [-0.2, 0) is 6.54 Å². The van der Waals surface area contributed by atoms with E-state index in [1.807, 2.05) is 7.05 Å². The fourth-order valence-corrected chi connectivity index (χ4v) is 3.14. The standard InChI is InChI=1S/C15H24FN3/c1-11-6-4-5-7-14(11)19(3)15-12(9-17-2)8-13(16)10-18-15/h8,10-11,14,17H,4-7,9H2,1-3H3. The molecule has 2 atom stereocenters. The van der Waals surface area contributed by atoms with Crippen molar-refractivity contribution >= 4 is 5.82 Å². The molecule has 19 heavy (non-hydrogen) atoms. The van der Waals surface area contributed by atoms with Gasteiger partial charge in [-0.2, -0.15) is 0 Å². The van der Waals surface area contributed by atoms with Crippen LogP contribution < -0.4 is 10.2 Å². The number of hydrogen-bond donors (Lipinski definition) is 1. The van der Waals surface area contributed by atoms with Crippen LogP contribution in [0.3, 0.4) is 0 Å². The third-order valence-corrected chi connectivity index (χ3v) is 4.17. The highest BCUT2D eigenvalue weighted by Gasteiger charge is 2.26. The predicted molar refractivity (Wildman–Crippen MR) is 76.8 cm³/mol. The number of halogens is 1. The average molecular weight is 265 g/mol. The van der Waals surface area contributed by atoms with Crippen molar-refractivity contribution in [2.24, 2.45) is 5.92 Å². The second kappa shape index (κ2) is 6.33. The zero-order valence-corrected chi connectivity index (χ0v) is 12.1. The van der Waals surface area contributed by atoms with Crippen LogP contribution in [0.15, 0.2) is 12.3 Å². The Morgan fingerprint density at radius 2 is 2.16 bits per heavy atom. The van der Waals surface area contributed by atoms with Crippen LogP contribution >= 0.6 is 0 Å². The summed E-state index contributed by atoms with van der Waals surface area (Å²) in [5, 5.41) is 3.09. The molecular formula is C15H24FN3. The Balaban J connectivity index is 2.24. The van der Waals surface area contributed by atoms with E-state index in [0.29, 0.717) is 18.5 Å². The summed E-state index contributed by atoms with van der Waals surface area (Å²) in [5.74, 6) is 1.32. The Kier molecular flexibility index (Phi) is 4.75. The number of pyridine rings is 1. The van der Waals surface area contributed by atoms with Gasteiger partial charge in [-0.05, 0) is 31.9 Å². The molecule has 1 aromatic heterocycles. The van der Waals surface area contributed by atoms with Crippen LogP contribution in [0, 0.1) is 11.7 Å². The van der Waals surface area contributed by atoms with Gasteiger partial charge in [-0.3, -0.25) is 0 Å². The highest BCUT2D eigenvalue weighted by Crippen LogP contribution is 2.31. The lowest BCUT2D eigenvalue weighted by molar-refractivity contribution is 0.320. The van der Waals surface area contributed by atoms with Crippen molar-refractivity contribution in [3.63, 3.8) is 0 Å². The first kappa shape index (κ1) is 14.3. The molecule has 0 bridgehead atoms. The summed E-state index contributed by atoms with van der Waals surface area (Å²) in [5.41, 5.74) is 0.933. The van der Waals surface area contributed by atoms with Gasteiger partial charge < -0.3 is 10.2 Å². The second-order valence-electron chi connectivity index (χ2n) is 5.61. The van der Waals surface area contributed by atoms with E-state index in [1.54, 1.807) is 6.07 Å². The molecule has 4 heteroatoms. The Bertz CT molecular complexity index is 422. The molecule has 1 aliphatic rings. The van der Waals surface area contributed by atoms with E-state index in [-0.39, 0.29) is 5.82 Å². The maximum atomic E-state index is 13.3. The number of aromatic nitrogens is 1. The Morgan fingerprint density at radius 1 is 1.42 bits per heavy atom. The Labute approximate surface area is 115 Å². The molecule has 0 amide bonds. The molecule has 1 N–H and O–H groups in total. The van der Waals surface area contributed by atoms with E-state index in [4.69, 9.17) is 0 Å². The van der Waals surface area contributed by atoms with Gasteiger partial charge in [0.15, 0.2) is 0 Å². The molecule has 2 rings (SSSR count). The molecule has 2 unspecified atom stereocenters. The molecule has 1 aliphatic carbocycles. The first-order valence-electron chi connectivity index (χ1n) is 7.15.